The van der Waals surface area contributed by atoms with E-state index in [0.29, 0.717) is 6.54 Å². The maximum absolute atomic E-state index is 12.5. The molecule has 0 bridgehead atoms. The normalized spacial score (nSPS) is 10.7. The molecular weight excluding hydrogens is 304 g/mol. The maximum Gasteiger partial charge on any atom is 0.254 e. The van der Waals surface area contributed by atoms with Gasteiger partial charge in [-0.2, -0.15) is 0 Å². The molecule has 0 fully saturated rings. The Labute approximate surface area is 121 Å². The van der Waals surface area contributed by atoms with Gasteiger partial charge >= 0.3 is 0 Å². The third-order valence-corrected chi connectivity index (χ3v) is 3.56. The van der Waals surface area contributed by atoms with Crippen molar-refractivity contribution in [2.75, 3.05) is 27.2 Å². The molecule has 0 aliphatic rings. The van der Waals surface area contributed by atoms with Crippen LogP contribution in [0.15, 0.2) is 40.9 Å². The smallest absolute Gasteiger partial charge is 0.254 e. The molecule has 2 rings (SSSR count). The summed E-state index contributed by atoms with van der Waals surface area (Å²) >= 11 is 3.47. The van der Waals surface area contributed by atoms with Crippen LogP contribution in [0.3, 0.4) is 0 Å². The Kier molecular flexibility index (Phi) is 4.56. The molecular formula is C15H17BrN2O. The molecule has 0 saturated heterocycles. The van der Waals surface area contributed by atoms with Crippen LogP contribution >= 0.6 is 15.9 Å². The number of hydrogen-bond acceptors (Lipinski definition) is 2. The number of rotatable bonds is 4. The molecule has 1 amide bonds. The van der Waals surface area contributed by atoms with Crippen LogP contribution in [0.5, 0.6) is 0 Å². The average molecular weight is 321 g/mol. The number of amides is 1. The minimum atomic E-state index is 0.0488. The molecule has 3 nitrogen and oxygen atoms in total. The molecule has 0 unspecified atom stereocenters. The second kappa shape index (κ2) is 6.17. The molecule has 0 aromatic heterocycles. The Morgan fingerprint density at radius 3 is 2.79 bits per heavy atom. The Hall–Kier alpha value is -1.39. The average Bonchev–Trinajstić information content (AvgIpc) is 2.42. The number of fused-ring (bicyclic) bond motifs is 1. The van der Waals surface area contributed by atoms with Gasteiger partial charge in [0.2, 0.25) is 0 Å². The van der Waals surface area contributed by atoms with Crippen molar-refractivity contribution in [3.8, 4) is 0 Å². The number of nitrogens with one attached hydrogen (secondary N) is 1. The number of carbonyl (C=O) groups excluding carboxylic acids is 1. The zero-order valence-corrected chi connectivity index (χ0v) is 12.7. The largest absolute Gasteiger partial charge is 0.340 e. The lowest BCUT2D eigenvalue weighted by Gasteiger charge is -2.18. The SMILES string of the molecule is CNCCN(C)C(=O)c1cc(Br)cc2ccccc12. The highest BCUT2D eigenvalue weighted by Gasteiger charge is 2.15. The van der Waals surface area contributed by atoms with Gasteiger partial charge in [-0.1, -0.05) is 40.2 Å². The van der Waals surface area contributed by atoms with E-state index >= 15 is 0 Å². The monoisotopic (exact) mass is 320 g/mol. The zero-order valence-electron chi connectivity index (χ0n) is 11.1. The lowest BCUT2D eigenvalue weighted by atomic mass is 10.0. The van der Waals surface area contributed by atoms with E-state index < -0.39 is 0 Å². The predicted octanol–water partition coefficient (Wildman–Crippen LogP) is 2.89. The summed E-state index contributed by atoms with van der Waals surface area (Å²) < 4.78 is 0.927. The molecule has 0 heterocycles. The highest BCUT2D eigenvalue weighted by atomic mass is 79.9. The van der Waals surface area contributed by atoms with Crippen molar-refractivity contribution in [3.05, 3.63) is 46.4 Å². The van der Waals surface area contributed by atoms with Gasteiger partial charge in [0.25, 0.3) is 5.91 Å². The van der Waals surface area contributed by atoms with Gasteiger partial charge in [-0.25, -0.2) is 0 Å². The first-order valence-corrected chi connectivity index (χ1v) is 7.01. The summed E-state index contributed by atoms with van der Waals surface area (Å²) in [5.41, 5.74) is 0.739. The second-order valence-electron chi connectivity index (χ2n) is 4.50. The first-order valence-electron chi connectivity index (χ1n) is 6.22. The standard InChI is InChI=1S/C15H17BrN2O/c1-17-7-8-18(2)15(19)14-10-12(16)9-11-5-3-4-6-13(11)14/h3-6,9-10,17H,7-8H2,1-2H3. The van der Waals surface area contributed by atoms with Crippen molar-refractivity contribution in [3.63, 3.8) is 0 Å². The molecule has 0 aliphatic heterocycles. The summed E-state index contributed by atoms with van der Waals surface area (Å²) in [6.07, 6.45) is 0. The lowest BCUT2D eigenvalue weighted by molar-refractivity contribution is 0.0798. The van der Waals surface area contributed by atoms with Gasteiger partial charge in [-0.15, -0.1) is 0 Å². The summed E-state index contributed by atoms with van der Waals surface area (Å²) in [4.78, 5) is 14.2. The summed E-state index contributed by atoms with van der Waals surface area (Å²) in [5.74, 6) is 0.0488. The van der Waals surface area contributed by atoms with Crippen molar-refractivity contribution in [2.45, 2.75) is 0 Å². The summed E-state index contributed by atoms with van der Waals surface area (Å²) in [6.45, 7) is 1.48. The van der Waals surface area contributed by atoms with E-state index in [2.05, 4.69) is 21.2 Å². The van der Waals surface area contributed by atoms with Crippen LogP contribution in [0.4, 0.5) is 0 Å². The van der Waals surface area contributed by atoms with E-state index in [1.807, 2.05) is 50.5 Å². The number of nitrogens with zero attached hydrogens (tertiary/aromatic N) is 1. The summed E-state index contributed by atoms with van der Waals surface area (Å²) in [7, 11) is 3.71. The molecule has 0 radical (unpaired) electrons. The summed E-state index contributed by atoms with van der Waals surface area (Å²) in [5, 5.41) is 5.11. The first-order chi connectivity index (χ1) is 9.13. The van der Waals surface area contributed by atoms with Crippen molar-refractivity contribution in [1.29, 1.82) is 0 Å². The van der Waals surface area contributed by atoms with Crippen molar-refractivity contribution in [1.82, 2.24) is 10.2 Å². The summed E-state index contributed by atoms with van der Waals surface area (Å²) in [6, 6.07) is 11.9. The van der Waals surface area contributed by atoms with E-state index in [1.54, 1.807) is 4.90 Å². The Bertz CT molecular complexity index is 598. The Morgan fingerprint density at radius 1 is 1.32 bits per heavy atom. The van der Waals surface area contributed by atoms with Crippen molar-refractivity contribution < 1.29 is 4.79 Å². The maximum atomic E-state index is 12.5. The molecule has 0 atom stereocenters. The molecule has 4 heteroatoms. The molecule has 0 saturated carbocycles. The van der Waals surface area contributed by atoms with Crippen LogP contribution in [-0.4, -0.2) is 38.0 Å². The molecule has 2 aromatic carbocycles. The highest BCUT2D eigenvalue weighted by molar-refractivity contribution is 9.10. The quantitative estimate of drug-likeness (QED) is 0.939. The van der Waals surface area contributed by atoms with Gasteiger partial charge in [0.1, 0.15) is 0 Å². The van der Waals surface area contributed by atoms with E-state index in [0.717, 1.165) is 27.4 Å². The number of carbonyl (C=O) groups is 1. The van der Waals surface area contributed by atoms with Gasteiger partial charge in [0, 0.05) is 30.2 Å². The third kappa shape index (κ3) is 3.14. The van der Waals surface area contributed by atoms with Gasteiger partial charge in [0.05, 0.1) is 0 Å². The molecule has 1 N–H and O–H groups in total. The number of likely N-dealkylation sites (N-methyl/N-ethyl adjacent to an activating group) is 2. The number of benzene rings is 2. The topological polar surface area (TPSA) is 32.3 Å². The molecule has 100 valence electrons. The fourth-order valence-electron chi connectivity index (χ4n) is 2.04. The van der Waals surface area contributed by atoms with Crippen molar-refractivity contribution >= 4 is 32.6 Å². The number of halogens is 1. The van der Waals surface area contributed by atoms with Crippen LogP contribution in [0.1, 0.15) is 10.4 Å². The van der Waals surface area contributed by atoms with E-state index in [-0.39, 0.29) is 5.91 Å². The van der Waals surface area contributed by atoms with E-state index in [1.165, 1.54) is 0 Å². The molecule has 0 aliphatic carbocycles. The minimum absolute atomic E-state index is 0.0488. The predicted molar refractivity (Wildman–Crippen MR) is 82.5 cm³/mol. The van der Waals surface area contributed by atoms with Gasteiger partial charge in [0.15, 0.2) is 0 Å². The van der Waals surface area contributed by atoms with Crippen LogP contribution in [-0.2, 0) is 0 Å². The van der Waals surface area contributed by atoms with E-state index in [9.17, 15) is 4.79 Å². The van der Waals surface area contributed by atoms with Gasteiger partial charge in [-0.05, 0) is 30.0 Å². The fourth-order valence-corrected chi connectivity index (χ4v) is 2.51. The second-order valence-corrected chi connectivity index (χ2v) is 5.42. The third-order valence-electron chi connectivity index (χ3n) is 3.10. The van der Waals surface area contributed by atoms with Crippen molar-refractivity contribution in [2.24, 2.45) is 0 Å². The minimum Gasteiger partial charge on any atom is -0.340 e. The molecule has 19 heavy (non-hydrogen) atoms. The Morgan fingerprint density at radius 2 is 2.05 bits per heavy atom. The zero-order chi connectivity index (χ0) is 13.8. The Balaban J connectivity index is 2.41. The fraction of sp³-hybridized carbons (Fsp3) is 0.267. The van der Waals surface area contributed by atoms with Crippen LogP contribution in [0.25, 0.3) is 10.8 Å². The van der Waals surface area contributed by atoms with Gasteiger partial charge in [-0.3, -0.25) is 4.79 Å². The first kappa shape index (κ1) is 14.0. The molecule has 0 spiro atoms. The van der Waals surface area contributed by atoms with Crippen LogP contribution < -0.4 is 5.32 Å². The highest BCUT2D eigenvalue weighted by Crippen LogP contribution is 2.25. The molecule has 2 aromatic rings. The number of hydrogen-bond donors (Lipinski definition) is 1. The van der Waals surface area contributed by atoms with Gasteiger partial charge < -0.3 is 10.2 Å². The van der Waals surface area contributed by atoms with Crippen LogP contribution in [0, 0.1) is 0 Å². The van der Waals surface area contributed by atoms with E-state index in [4.69, 9.17) is 0 Å². The van der Waals surface area contributed by atoms with Crippen LogP contribution in [0.2, 0.25) is 0 Å². The lowest BCUT2D eigenvalue weighted by Crippen LogP contribution is -2.32.